The Morgan fingerprint density at radius 3 is 1.80 bits per heavy atom. The molecule has 0 heterocycles. The zero-order chi connectivity index (χ0) is 12.0. The highest BCUT2D eigenvalue weighted by atomic mass is 19.2. The molecule has 5 unspecified atom stereocenters. The summed E-state index contributed by atoms with van der Waals surface area (Å²) < 4.78 is 73.8. The van der Waals surface area contributed by atoms with Gasteiger partial charge in [-0.3, -0.25) is 4.39 Å². The minimum absolute atomic E-state index is 0.330. The number of halogens is 6. The van der Waals surface area contributed by atoms with Crippen molar-refractivity contribution in [3.05, 3.63) is 0 Å². The van der Waals surface area contributed by atoms with Crippen LogP contribution in [0.1, 0.15) is 12.8 Å². The monoisotopic (exact) mass is 238 g/mol. The third-order valence-electron chi connectivity index (χ3n) is 1.83. The largest absolute Gasteiger partial charge is 0.362 e. The topological polar surface area (TPSA) is 20.2 Å². The fourth-order valence-electron chi connectivity index (χ4n) is 0.958. The minimum atomic E-state index is -3.20. The molecule has 0 aromatic rings. The first-order valence-electron chi connectivity index (χ1n) is 4.36. The lowest BCUT2D eigenvalue weighted by molar-refractivity contribution is -0.0819. The third-order valence-corrected chi connectivity index (χ3v) is 1.83. The van der Waals surface area contributed by atoms with Gasteiger partial charge in [0.05, 0.1) is 6.67 Å². The average Bonchev–Trinajstić information content (AvgIpc) is 2.22. The molecule has 0 saturated heterocycles. The van der Waals surface area contributed by atoms with Crippen molar-refractivity contribution in [2.75, 3.05) is 6.67 Å². The van der Waals surface area contributed by atoms with E-state index in [2.05, 4.69) is 0 Å². The summed E-state index contributed by atoms with van der Waals surface area (Å²) in [5, 5.41) is 7.97. The van der Waals surface area contributed by atoms with Gasteiger partial charge in [-0.15, -0.1) is 0 Å². The molecule has 0 amide bonds. The Hall–Kier alpha value is -0.460. The summed E-state index contributed by atoms with van der Waals surface area (Å²) in [6.07, 6.45) is -15.7. The molecule has 1 nitrogen and oxygen atoms in total. The van der Waals surface area contributed by atoms with Crippen LogP contribution in [-0.4, -0.2) is 42.8 Å². The SMILES string of the molecule is OC(F)C(F)C(F)C(F)C(F)CCCF. The molecule has 0 aliphatic heterocycles. The second-order valence-electron chi connectivity index (χ2n) is 3.05. The number of hydrogen-bond acceptors (Lipinski definition) is 1. The van der Waals surface area contributed by atoms with E-state index in [1.807, 2.05) is 0 Å². The second-order valence-corrected chi connectivity index (χ2v) is 3.05. The predicted octanol–water partition coefficient (Wildman–Crippen LogP) is 2.38. The van der Waals surface area contributed by atoms with Gasteiger partial charge in [0.15, 0.2) is 18.5 Å². The molecule has 7 heteroatoms. The number of alkyl halides is 6. The maximum Gasteiger partial charge on any atom is 0.231 e. The summed E-state index contributed by atoms with van der Waals surface area (Å²) in [5.74, 6) is 0. The molecule has 15 heavy (non-hydrogen) atoms. The van der Waals surface area contributed by atoms with Gasteiger partial charge < -0.3 is 5.11 Å². The molecule has 0 aromatic heterocycles. The van der Waals surface area contributed by atoms with E-state index in [1.54, 1.807) is 0 Å². The van der Waals surface area contributed by atoms with E-state index >= 15 is 0 Å². The van der Waals surface area contributed by atoms with E-state index < -0.39 is 44.1 Å². The Morgan fingerprint density at radius 2 is 1.40 bits per heavy atom. The molecular weight excluding hydrogens is 226 g/mol. The van der Waals surface area contributed by atoms with Crippen molar-refractivity contribution in [3.8, 4) is 0 Å². The molecule has 0 aliphatic rings. The first kappa shape index (κ1) is 14.5. The van der Waals surface area contributed by atoms with E-state index in [-0.39, 0.29) is 6.42 Å². The Bertz CT molecular complexity index is 167. The maximum absolute atomic E-state index is 12.7. The first-order chi connectivity index (χ1) is 6.91. The van der Waals surface area contributed by atoms with Crippen LogP contribution in [0.4, 0.5) is 26.3 Å². The van der Waals surface area contributed by atoms with Gasteiger partial charge >= 0.3 is 0 Å². The van der Waals surface area contributed by atoms with E-state index in [1.165, 1.54) is 0 Å². The van der Waals surface area contributed by atoms with E-state index in [9.17, 15) is 26.3 Å². The van der Waals surface area contributed by atoms with Crippen molar-refractivity contribution in [3.63, 3.8) is 0 Å². The zero-order valence-electron chi connectivity index (χ0n) is 7.72. The molecule has 0 aromatic carbocycles. The van der Waals surface area contributed by atoms with Gasteiger partial charge in [0.1, 0.15) is 6.17 Å². The highest BCUT2D eigenvalue weighted by Gasteiger charge is 2.39. The summed E-state index contributed by atoms with van der Waals surface area (Å²) in [6.45, 7) is -0.908. The van der Waals surface area contributed by atoms with Crippen LogP contribution in [0, 0.1) is 0 Å². The molecule has 0 bridgehead atoms. The lowest BCUT2D eigenvalue weighted by atomic mass is 10.0. The minimum Gasteiger partial charge on any atom is -0.362 e. The molecule has 0 saturated carbocycles. The van der Waals surface area contributed by atoms with Crippen molar-refractivity contribution in [2.45, 2.75) is 43.9 Å². The number of aliphatic hydroxyl groups excluding tert-OH is 1. The van der Waals surface area contributed by atoms with Crippen LogP contribution in [-0.2, 0) is 0 Å². The van der Waals surface area contributed by atoms with Gasteiger partial charge in [-0.1, -0.05) is 0 Å². The number of rotatable bonds is 7. The van der Waals surface area contributed by atoms with Crippen LogP contribution in [0.2, 0.25) is 0 Å². The molecule has 5 atom stereocenters. The molecule has 0 radical (unpaired) electrons. The normalized spacial score (nSPS) is 21.8. The van der Waals surface area contributed by atoms with Gasteiger partial charge in [0, 0.05) is 0 Å². The molecule has 0 aliphatic carbocycles. The summed E-state index contributed by atoms with van der Waals surface area (Å²) in [7, 11) is 0. The van der Waals surface area contributed by atoms with Crippen molar-refractivity contribution >= 4 is 0 Å². The Morgan fingerprint density at radius 1 is 0.867 bits per heavy atom. The third kappa shape index (κ3) is 4.72. The van der Waals surface area contributed by atoms with Gasteiger partial charge in [0.25, 0.3) is 0 Å². The van der Waals surface area contributed by atoms with E-state index in [0.717, 1.165) is 0 Å². The lowest BCUT2D eigenvalue weighted by Crippen LogP contribution is -2.39. The van der Waals surface area contributed by atoms with Crippen LogP contribution in [0.5, 0.6) is 0 Å². The quantitative estimate of drug-likeness (QED) is 0.675. The van der Waals surface area contributed by atoms with Crippen LogP contribution < -0.4 is 0 Å². The van der Waals surface area contributed by atoms with Crippen LogP contribution in [0.25, 0.3) is 0 Å². The Balaban J connectivity index is 4.11. The maximum atomic E-state index is 12.7. The highest BCUT2D eigenvalue weighted by Crippen LogP contribution is 2.22. The number of aliphatic hydroxyl groups is 1. The van der Waals surface area contributed by atoms with Crippen molar-refractivity contribution in [2.24, 2.45) is 0 Å². The van der Waals surface area contributed by atoms with Crippen LogP contribution >= 0.6 is 0 Å². The molecule has 0 rings (SSSR count). The van der Waals surface area contributed by atoms with Crippen LogP contribution in [0.3, 0.4) is 0 Å². The predicted molar refractivity (Wildman–Crippen MR) is 41.9 cm³/mol. The molecule has 0 fully saturated rings. The second kappa shape index (κ2) is 6.92. The van der Waals surface area contributed by atoms with Crippen molar-refractivity contribution in [1.29, 1.82) is 0 Å². The highest BCUT2D eigenvalue weighted by molar-refractivity contribution is 4.83. The Labute approximate surface area is 83.1 Å². The van der Waals surface area contributed by atoms with Gasteiger partial charge in [-0.05, 0) is 12.8 Å². The smallest absolute Gasteiger partial charge is 0.231 e. The molecule has 0 spiro atoms. The van der Waals surface area contributed by atoms with Crippen molar-refractivity contribution < 1.29 is 31.4 Å². The summed E-state index contributed by atoms with van der Waals surface area (Å²) in [4.78, 5) is 0. The molecule has 1 N–H and O–H groups in total. The van der Waals surface area contributed by atoms with E-state index in [4.69, 9.17) is 5.11 Å². The Kier molecular flexibility index (Phi) is 6.71. The fourth-order valence-corrected chi connectivity index (χ4v) is 0.958. The van der Waals surface area contributed by atoms with Gasteiger partial charge in [0.2, 0.25) is 6.36 Å². The molecule has 92 valence electrons. The lowest BCUT2D eigenvalue weighted by Gasteiger charge is -2.20. The summed E-state index contributed by atoms with van der Waals surface area (Å²) in [5.41, 5.74) is 0. The first-order valence-corrected chi connectivity index (χ1v) is 4.36. The molecular formula is C8H12F6O. The van der Waals surface area contributed by atoms with Crippen molar-refractivity contribution in [1.82, 2.24) is 0 Å². The fraction of sp³-hybridized carbons (Fsp3) is 1.00. The van der Waals surface area contributed by atoms with Gasteiger partial charge in [-0.2, -0.15) is 0 Å². The number of hydrogen-bond donors (Lipinski definition) is 1. The van der Waals surface area contributed by atoms with Gasteiger partial charge in [-0.25, -0.2) is 22.0 Å². The average molecular weight is 238 g/mol. The zero-order valence-corrected chi connectivity index (χ0v) is 7.72. The summed E-state index contributed by atoms with van der Waals surface area (Å²) >= 11 is 0. The summed E-state index contributed by atoms with van der Waals surface area (Å²) in [6, 6.07) is 0. The van der Waals surface area contributed by atoms with Crippen LogP contribution in [0.15, 0.2) is 0 Å². The van der Waals surface area contributed by atoms with E-state index in [0.29, 0.717) is 0 Å². The standard InChI is InChI=1S/C8H12F6O/c9-3-1-2-4(10)5(11)6(12)7(13)8(14)15/h4-8,15H,1-3H2.